The Morgan fingerprint density at radius 3 is 2.76 bits per heavy atom. The third kappa shape index (κ3) is 2.28. The number of fused-ring (bicyclic) bond motifs is 2. The van der Waals surface area contributed by atoms with Crippen molar-refractivity contribution in [1.29, 1.82) is 0 Å². The number of nitrogens with zero attached hydrogens (tertiary/aromatic N) is 1. The Hall–Kier alpha value is -1.66. The zero-order valence-electron chi connectivity index (χ0n) is 11.1. The first-order valence-electron chi connectivity index (χ1n) is 6.33. The number of sulfone groups is 1. The number of halogens is 1. The van der Waals surface area contributed by atoms with Gasteiger partial charge in [-0.15, -0.1) is 0 Å². The molecule has 0 fully saturated rings. The van der Waals surface area contributed by atoms with E-state index in [1.54, 1.807) is 18.2 Å². The standard InChI is InChI=1S/C14H12ClNO4S/c1-21(19,20)11-5-4-9-12(14(17)18)8-3-2-7(15)6-10(8)16-13(9)11/h2-3,6,11H,4-5H2,1H3,(H,17,18). The van der Waals surface area contributed by atoms with Crippen LogP contribution < -0.4 is 0 Å². The summed E-state index contributed by atoms with van der Waals surface area (Å²) < 4.78 is 23.7. The average molecular weight is 326 g/mol. The molecule has 0 saturated heterocycles. The first kappa shape index (κ1) is 14.3. The van der Waals surface area contributed by atoms with Gasteiger partial charge in [-0.3, -0.25) is 4.98 Å². The van der Waals surface area contributed by atoms with Crippen molar-refractivity contribution in [3.8, 4) is 0 Å². The highest BCUT2D eigenvalue weighted by Crippen LogP contribution is 2.39. The Labute approximate surface area is 126 Å². The molecule has 0 spiro atoms. The van der Waals surface area contributed by atoms with E-state index in [2.05, 4.69) is 4.98 Å². The van der Waals surface area contributed by atoms with E-state index in [1.165, 1.54) is 0 Å². The SMILES string of the molecule is CS(=O)(=O)C1CCc2c1nc1cc(Cl)ccc1c2C(=O)O. The van der Waals surface area contributed by atoms with Crippen LogP contribution in [0.1, 0.15) is 33.3 Å². The van der Waals surface area contributed by atoms with E-state index >= 15 is 0 Å². The van der Waals surface area contributed by atoms with Gasteiger partial charge in [-0.2, -0.15) is 0 Å². The van der Waals surface area contributed by atoms with Gasteiger partial charge in [-0.1, -0.05) is 17.7 Å². The smallest absolute Gasteiger partial charge is 0.336 e. The molecule has 1 aromatic carbocycles. The van der Waals surface area contributed by atoms with E-state index in [1.807, 2.05) is 0 Å². The van der Waals surface area contributed by atoms with Crippen LogP contribution in [0.3, 0.4) is 0 Å². The molecule has 5 nitrogen and oxygen atoms in total. The summed E-state index contributed by atoms with van der Waals surface area (Å²) in [4.78, 5) is 16.0. The Bertz CT molecular complexity index is 876. The molecule has 2 aromatic rings. The van der Waals surface area contributed by atoms with E-state index in [4.69, 9.17) is 11.6 Å². The molecule has 1 aliphatic rings. The molecular weight excluding hydrogens is 314 g/mol. The molecule has 0 saturated carbocycles. The summed E-state index contributed by atoms with van der Waals surface area (Å²) in [7, 11) is -3.33. The van der Waals surface area contributed by atoms with Crippen molar-refractivity contribution in [2.24, 2.45) is 0 Å². The fraction of sp³-hybridized carbons (Fsp3) is 0.286. The fourth-order valence-electron chi connectivity index (χ4n) is 2.89. The van der Waals surface area contributed by atoms with E-state index in [-0.39, 0.29) is 5.56 Å². The zero-order chi connectivity index (χ0) is 15.4. The van der Waals surface area contributed by atoms with E-state index in [9.17, 15) is 18.3 Å². The van der Waals surface area contributed by atoms with Crippen molar-refractivity contribution in [3.63, 3.8) is 0 Å². The van der Waals surface area contributed by atoms with Crippen LogP contribution in [0.15, 0.2) is 18.2 Å². The molecule has 1 heterocycles. The molecule has 7 heteroatoms. The van der Waals surface area contributed by atoms with Crippen molar-refractivity contribution in [2.75, 3.05) is 6.26 Å². The number of aromatic carboxylic acids is 1. The Balaban J connectivity index is 2.40. The lowest BCUT2D eigenvalue weighted by atomic mass is 10.0. The Morgan fingerprint density at radius 2 is 2.14 bits per heavy atom. The second-order valence-electron chi connectivity index (χ2n) is 5.17. The quantitative estimate of drug-likeness (QED) is 0.917. The molecule has 3 rings (SSSR count). The van der Waals surface area contributed by atoms with Gasteiger partial charge in [0.25, 0.3) is 0 Å². The predicted molar refractivity (Wildman–Crippen MR) is 79.6 cm³/mol. The van der Waals surface area contributed by atoms with Crippen LogP contribution in [0.4, 0.5) is 0 Å². The number of pyridine rings is 1. The predicted octanol–water partition coefficient (Wildman–Crippen LogP) is 2.62. The third-order valence-electron chi connectivity index (χ3n) is 3.77. The number of carbonyl (C=O) groups is 1. The normalized spacial score (nSPS) is 17.9. The highest BCUT2D eigenvalue weighted by molar-refractivity contribution is 7.90. The molecule has 1 unspecified atom stereocenters. The van der Waals surface area contributed by atoms with Gasteiger partial charge >= 0.3 is 5.97 Å². The maximum Gasteiger partial charge on any atom is 0.336 e. The average Bonchev–Trinajstić information content (AvgIpc) is 2.78. The second-order valence-corrected chi connectivity index (χ2v) is 7.84. The molecule has 21 heavy (non-hydrogen) atoms. The van der Waals surface area contributed by atoms with Gasteiger partial charge in [-0.05, 0) is 30.5 Å². The fourth-order valence-corrected chi connectivity index (χ4v) is 4.20. The Morgan fingerprint density at radius 1 is 1.43 bits per heavy atom. The summed E-state index contributed by atoms with van der Waals surface area (Å²) in [6.07, 6.45) is 1.92. The molecule has 0 bridgehead atoms. The minimum Gasteiger partial charge on any atom is -0.478 e. The van der Waals surface area contributed by atoms with Gasteiger partial charge in [0.2, 0.25) is 0 Å². The number of carboxylic acid groups (broad SMARTS) is 1. The van der Waals surface area contributed by atoms with Crippen molar-refractivity contribution < 1.29 is 18.3 Å². The zero-order valence-corrected chi connectivity index (χ0v) is 12.7. The lowest BCUT2D eigenvalue weighted by molar-refractivity contribution is 0.0698. The molecule has 1 atom stereocenters. The minimum absolute atomic E-state index is 0.137. The van der Waals surface area contributed by atoms with Gasteiger partial charge in [0, 0.05) is 16.7 Å². The van der Waals surface area contributed by atoms with Crippen LogP contribution in [-0.4, -0.2) is 30.7 Å². The topological polar surface area (TPSA) is 84.3 Å². The number of rotatable bonds is 2. The number of carboxylic acids is 1. The second kappa shape index (κ2) is 4.68. The maximum absolute atomic E-state index is 11.9. The van der Waals surface area contributed by atoms with Crippen molar-refractivity contribution in [3.05, 3.63) is 40.0 Å². The van der Waals surface area contributed by atoms with Crippen LogP contribution in [0.5, 0.6) is 0 Å². The van der Waals surface area contributed by atoms with Crippen LogP contribution in [-0.2, 0) is 16.3 Å². The minimum atomic E-state index is -3.33. The molecule has 0 aliphatic heterocycles. The van der Waals surface area contributed by atoms with E-state index in [0.717, 1.165) is 6.26 Å². The molecule has 1 aromatic heterocycles. The highest BCUT2D eigenvalue weighted by Gasteiger charge is 2.35. The van der Waals surface area contributed by atoms with Gasteiger partial charge in [-0.25, -0.2) is 13.2 Å². The largest absolute Gasteiger partial charge is 0.478 e. The molecule has 1 aliphatic carbocycles. The van der Waals surface area contributed by atoms with Gasteiger partial charge in [0.1, 0.15) is 5.25 Å². The number of hydrogen-bond acceptors (Lipinski definition) is 4. The van der Waals surface area contributed by atoms with Crippen molar-refractivity contribution >= 4 is 38.3 Å². The van der Waals surface area contributed by atoms with Crippen LogP contribution in [0.25, 0.3) is 10.9 Å². The Kier molecular flexibility index (Phi) is 3.18. The van der Waals surface area contributed by atoms with E-state index in [0.29, 0.717) is 40.0 Å². The molecule has 0 radical (unpaired) electrons. The summed E-state index contributed by atoms with van der Waals surface area (Å²) >= 11 is 5.92. The lowest BCUT2D eigenvalue weighted by Crippen LogP contribution is -2.11. The van der Waals surface area contributed by atoms with Crippen LogP contribution in [0, 0.1) is 0 Å². The summed E-state index contributed by atoms with van der Waals surface area (Å²) in [5, 5.41) is 9.67. The monoisotopic (exact) mass is 325 g/mol. The summed E-state index contributed by atoms with van der Waals surface area (Å²) in [6, 6.07) is 4.77. The third-order valence-corrected chi connectivity index (χ3v) is 5.50. The maximum atomic E-state index is 11.9. The highest BCUT2D eigenvalue weighted by atomic mass is 35.5. The van der Waals surface area contributed by atoms with Gasteiger partial charge in [0.15, 0.2) is 9.84 Å². The molecule has 110 valence electrons. The first-order chi connectivity index (χ1) is 9.79. The lowest BCUT2D eigenvalue weighted by Gasteiger charge is -2.12. The molecule has 1 N–H and O–H groups in total. The summed E-state index contributed by atoms with van der Waals surface area (Å²) in [5.74, 6) is -1.07. The van der Waals surface area contributed by atoms with Crippen molar-refractivity contribution in [2.45, 2.75) is 18.1 Å². The number of benzene rings is 1. The first-order valence-corrected chi connectivity index (χ1v) is 8.66. The number of aromatic nitrogens is 1. The summed E-state index contributed by atoms with van der Waals surface area (Å²) in [6.45, 7) is 0. The molecule has 0 amide bonds. The van der Waals surface area contributed by atoms with Gasteiger partial charge in [0.05, 0.1) is 16.8 Å². The number of hydrogen-bond donors (Lipinski definition) is 1. The van der Waals surface area contributed by atoms with Crippen molar-refractivity contribution in [1.82, 2.24) is 4.98 Å². The van der Waals surface area contributed by atoms with Crippen LogP contribution in [0.2, 0.25) is 5.02 Å². The molecular formula is C14H12ClNO4S. The van der Waals surface area contributed by atoms with Crippen LogP contribution >= 0.6 is 11.6 Å². The van der Waals surface area contributed by atoms with Gasteiger partial charge < -0.3 is 5.11 Å². The van der Waals surface area contributed by atoms with E-state index < -0.39 is 21.1 Å². The summed E-state index contributed by atoms with van der Waals surface area (Å²) in [5.41, 5.74) is 1.42.